The lowest BCUT2D eigenvalue weighted by molar-refractivity contribution is 0.214. The zero-order chi connectivity index (χ0) is 11.4. The molecule has 1 aromatic carbocycles. The van der Waals surface area contributed by atoms with Crippen molar-refractivity contribution in [1.82, 2.24) is 10.2 Å². The Morgan fingerprint density at radius 3 is 2.69 bits per heavy atom. The van der Waals surface area contributed by atoms with Gasteiger partial charge < -0.3 is 4.74 Å². The third-order valence-corrected chi connectivity index (χ3v) is 2.42. The Bertz CT molecular complexity index is 484. The molecule has 1 amide bonds. The monoisotopic (exact) mass is 235 g/mol. The predicted octanol–water partition coefficient (Wildman–Crippen LogP) is 2.46. The highest BCUT2D eigenvalue weighted by Gasteiger charge is 2.08. The molecule has 1 aromatic heterocycles. The fourth-order valence-electron chi connectivity index (χ4n) is 1.06. The molecule has 6 heteroatoms. The Labute approximate surface area is 96.1 Å². The minimum Gasteiger partial charge on any atom is -0.380 e. The van der Waals surface area contributed by atoms with Gasteiger partial charge in [-0.25, -0.2) is 4.79 Å². The number of nitrogens with one attached hydrogen (secondary N) is 1. The van der Waals surface area contributed by atoms with Crippen molar-refractivity contribution >= 4 is 23.1 Å². The Morgan fingerprint density at radius 2 is 2.06 bits per heavy atom. The van der Waals surface area contributed by atoms with Crippen LogP contribution in [-0.2, 0) is 0 Å². The highest BCUT2D eigenvalue weighted by atomic mass is 32.1. The fraction of sp³-hybridized carbons (Fsp3) is 0.100. The number of aromatic nitrogens is 2. The van der Waals surface area contributed by atoms with Crippen LogP contribution in [0.2, 0.25) is 0 Å². The summed E-state index contributed by atoms with van der Waals surface area (Å²) in [6.45, 7) is 1.79. The van der Waals surface area contributed by atoms with Crippen LogP contribution in [0.3, 0.4) is 0 Å². The minimum absolute atomic E-state index is 0.242. The Balaban J connectivity index is 1.95. The minimum atomic E-state index is -0.567. The molecular weight excluding hydrogens is 226 g/mol. The van der Waals surface area contributed by atoms with Gasteiger partial charge in [0.25, 0.3) is 0 Å². The third-order valence-electron chi connectivity index (χ3n) is 1.71. The summed E-state index contributed by atoms with van der Waals surface area (Å²) in [5.74, 6) is 0. The van der Waals surface area contributed by atoms with E-state index in [1.807, 2.05) is 18.2 Å². The van der Waals surface area contributed by atoms with Gasteiger partial charge in [0.05, 0.1) is 0 Å². The van der Waals surface area contributed by atoms with Crippen LogP contribution >= 0.6 is 11.3 Å². The molecule has 0 fully saturated rings. The number of hydrogen-bond donors (Lipinski definition) is 1. The predicted molar refractivity (Wildman–Crippen MR) is 60.7 cm³/mol. The molecule has 0 aliphatic carbocycles. The van der Waals surface area contributed by atoms with Crippen LogP contribution in [-0.4, -0.2) is 16.3 Å². The molecule has 0 bridgehead atoms. The van der Waals surface area contributed by atoms with Crippen LogP contribution in [0.5, 0.6) is 5.19 Å². The van der Waals surface area contributed by atoms with Crippen molar-refractivity contribution in [2.45, 2.75) is 6.92 Å². The summed E-state index contributed by atoms with van der Waals surface area (Å²) in [4.78, 5) is 11.4. The van der Waals surface area contributed by atoms with Gasteiger partial charge in [-0.15, -0.1) is 5.10 Å². The van der Waals surface area contributed by atoms with Gasteiger partial charge in [0.15, 0.2) is 0 Å². The zero-order valence-electron chi connectivity index (χ0n) is 8.51. The molecular formula is C10H9N3O2S. The van der Waals surface area contributed by atoms with Crippen molar-refractivity contribution in [3.05, 3.63) is 35.3 Å². The van der Waals surface area contributed by atoms with Gasteiger partial charge in [-0.1, -0.05) is 34.6 Å². The summed E-state index contributed by atoms with van der Waals surface area (Å²) in [5.41, 5.74) is 0.675. The van der Waals surface area contributed by atoms with E-state index in [9.17, 15) is 4.79 Å². The van der Waals surface area contributed by atoms with Gasteiger partial charge in [0.2, 0.25) is 0 Å². The van der Waals surface area contributed by atoms with Gasteiger partial charge in [0.1, 0.15) is 5.01 Å². The lowest BCUT2D eigenvalue weighted by Crippen LogP contribution is -2.16. The second-order valence-corrected chi connectivity index (χ2v) is 4.11. The molecule has 1 N–H and O–H groups in total. The number of ether oxygens (including phenoxy) is 1. The summed E-state index contributed by atoms with van der Waals surface area (Å²) in [7, 11) is 0. The average molecular weight is 235 g/mol. The highest BCUT2D eigenvalue weighted by Crippen LogP contribution is 2.17. The Morgan fingerprint density at radius 1 is 1.31 bits per heavy atom. The van der Waals surface area contributed by atoms with Gasteiger partial charge >= 0.3 is 11.3 Å². The standard InChI is InChI=1S/C10H9N3O2S/c1-7-12-13-10(16-7)15-9(14)11-8-5-3-2-4-6-8/h2-6H,1H3,(H,11,14). The lowest BCUT2D eigenvalue weighted by atomic mass is 10.3. The number of anilines is 1. The Hall–Kier alpha value is -1.95. The van der Waals surface area contributed by atoms with Crippen LogP contribution < -0.4 is 10.1 Å². The number of carbonyl (C=O) groups is 1. The van der Waals surface area contributed by atoms with Crippen LogP contribution in [0.25, 0.3) is 0 Å². The van der Waals surface area contributed by atoms with Crippen LogP contribution in [0.4, 0.5) is 10.5 Å². The first-order chi connectivity index (χ1) is 7.74. The maximum atomic E-state index is 11.4. The first kappa shape index (κ1) is 10.6. The fourth-order valence-corrected chi connectivity index (χ4v) is 1.60. The number of amides is 1. The maximum absolute atomic E-state index is 11.4. The molecule has 0 aliphatic heterocycles. The third kappa shape index (κ3) is 2.77. The van der Waals surface area contributed by atoms with Crippen molar-refractivity contribution in [3.63, 3.8) is 0 Å². The van der Waals surface area contributed by atoms with E-state index in [4.69, 9.17) is 4.74 Å². The topological polar surface area (TPSA) is 64.1 Å². The van der Waals surface area contributed by atoms with Crippen molar-refractivity contribution in [2.75, 3.05) is 5.32 Å². The van der Waals surface area contributed by atoms with E-state index in [1.54, 1.807) is 19.1 Å². The molecule has 0 unspecified atom stereocenters. The first-order valence-corrected chi connectivity index (χ1v) is 5.40. The van der Waals surface area contributed by atoms with E-state index in [0.29, 0.717) is 5.69 Å². The SMILES string of the molecule is Cc1nnc(OC(=O)Nc2ccccc2)s1. The van der Waals surface area contributed by atoms with E-state index in [1.165, 1.54) is 11.3 Å². The molecule has 1 heterocycles. The number of para-hydroxylation sites is 1. The number of aryl methyl sites for hydroxylation is 1. The van der Waals surface area contributed by atoms with Gasteiger partial charge in [-0.2, -0.15) is 0 Å². The van der Waals surface area contributed by atoms with Crippen LogP contribution in [0.15, 0.2) is 30.3 Å². The number of rotatable bonds is 2. The second-order valence-electron chi connectivity index (χ2n) is 2.97. The number of benzene rings is 1. The lowest BCUT2D eigenvalue weighted by Gasteiger charge is -2.02. The number of hydrogen-bond acceptors (Lipinski definition) is 5. The molecule has 0 spiro atoms. The summed E-state index contributed by atoms with van der Waals surface area (Å²) < 4.78 is 4.93. The average Bonchev–Trinajstić information content (AvgIpc) is 2.65. The van der Waals surface area contributed by atoms with Crippen molar-refractivity contribution in [3.8, 4) is 5.19 Å². The van der Waals surface area contributed by atoms with E-state index in [-0.39, 0.29) is 5.19 Å². The van der Waals surface area contributed by atoms with E-state index < -0.39 is 6.09 Å². The molecule has 0 aliphatic rings. The van der Waals surface area contributed by atoms with Crippen molar-refractivity contribution in [2.24, 2.45) is 0 Å². The summed E-state index contributed by atoms with van der Waals surface area (Å²) in [6, 6.07) is 9.05. The Kier molecular flexibility index (Phi) is 3.11. The summed E-state index contributed by atoms with van der Waals surface area (Å²) >= 11 is 1.22. The molecule has 0 saturated carbocycles. The molecule has 5 nitrogen and oxygen atoms in total. The molecule has 2 aromatic rings. The van der Waals surface area contributed by atoms with Crippen LogP contribution in [0.1, 0.15) is 5.01 Å². The van der Waals surface area contributed by atoms with E-state index in [0.717, 1.165) is 5.01 Å². The molecule has 16 heavy (non-hydrogen) atoms. The van der Waals surface area contributed by atoms with Gasteiger partial charge in [0, 0.05) is 5.69 Å². The van der Waals surface area contributed by atoms with E-state index in [2.05, 4.69) is 15.5 Å². The zero-order valence-corrected chi connectivity index (χ0v) is 9.32. The van der Waals surface area contributed by atoms with Gasteiger partial charge in [-0.05, 0) is 19.1 Å². The largest absolute Gasteiger partial charge is 0.419 e. The normalized spacial score (nSPS) is 9.81. The van der Waals surface area contributed by atoms with Crippen molar-refractivity contribution in [1.29, 1.82) is 0 Å². The number of carbonyl (C=O) groups excluding carboxylic acids is 1. The summed E-state index contributed by atoms with van der Waals surface area (Å²) in [5, 5.41) is 11.0. The van der Waals surface area contributed by atoms with Crippen molar-refractivity contribution < 1.29 is 9.53 Å². The second kappa shape index (κ2) is 4.71. The molecule has 0 saturated heterocycles. The molecule has 82 valence electrons. The molecule has 0 radical (unpaired) electrons. The van der Waals surface area contributed by atoms with E-state index >= 15 is 0 Å². The highest BCUT2D eigenvalue weighted by molar-refractivity contribution is 7.13. The first-order valence-electron chi connectivity index (χ1n) is 4.58. The van der Waals surface area contributed by atoms with Crippen LogP contribution in [0, 0.1) is 6.92 Å². The molecule has 2 rings (SSSR count). The summed E-state index contributed by atoms with van der Waals surface area (Å²) in [6.07, 6.45) is -0.567. The quantitative estimate of drug-likeness (QED) is 0.868. The maximum Gasteiger partial charge on any atom is 0.419 e. The number of nitrogens with zero attached hydrogens (tertiary/aromatic N) is 2. The van der Waals surface area contributed by atoms with Gasteiger partial charge in [-0.3, -0.25) is 5.32 Å². The smallest absolute Gasteiger partial charge is 0.380 e. The molecule has 0 atom stereocenters.